The topological polar surface area (TPSA) is 75.0 Å². The van der Waals surface area contributed by atoms with E-state index in [2.05, 4.69) is 0 Å². The van der Waals surface area contributed by atoms with Gasteiger partial charge in [-0.1, -0.05) is 30.3 Å². The lowest BCUT2D eigenvalue weighted by Crippen LogP contribution is -2.55. The van der Waals surface area contributed by atoms with Crippen LogP contribution in [0.25, 0.3) is 0 Å². The molecule has 3 aromatic rings. The Hall–Kier alpha value is -3.81. The molecule has 2 aliphatic heterocycles. The summed E-state index contributed by atoms with van der Waals surface area (Å²) in [5.74, 6) is -0.860. The number of amides is 1. The Morgan fingerprint density at radius 2 is 1.84 bits per heavy atom. The molecule has 0 fully saturated rings. The van der Waals surface area contributed by atoms with Crippen LogP contribution in [0.4, 0.5) is 4.39 Å². The lowest BCUT2D eigenvalue weighted by molar-refractivity contribution is 0.0676. The molecule has 0 spiro atoms. The van der Waals surface area contributed by atoms with E-state index in [1.165, 1.54) is 29.1 Å². The molecule has 1 atom stereocenters. The van der Waals surface area contributed by atoms with Gasteiger partial charge in [-0.3, -0.25) is 19.3 Å². The molecule has 5 rings (SSSR count). The zero-order chi connectivity index (χ0) is 22.2. The van der Waals surface area contributed by atoms with Gasteiger partial charge in [0.05, 0.1) is 6.61 Å². The maximum absolute atomic E-state index is 14.4. The van der Waals surface area contributed by atoms with Gasteiger partial charge in [-0.25, -0.2) is 4.39 Å². The fourth-order valence-electron chi connectivity index (χ4n) is 4.36. The van der Waals surface area contributed by atoms with Crippen molar-refractivity contribution in [2.75, 3.05) is 24.8 Å². The van der Waals surface area contributed by atoms with Crippen LogP contribution in [-0.4, -0.2) is 40.4 Å². The molecule has 0 radical (unpaired) electrons. The van der Waals surface area contributed by atoms with E-state index in [0.717, 1.165) is 5.56 Å². The van der Waals surface area contributed by atoms with Crippen molar-refractivity contribution in [1.82, 2.24) is 9.58 Å². The number of aromatic hydroxyl groups is 1. The van der Waals surface area contributed by atoms with Crippen molar-refractivity contribution >= 4 is 5.91 Å². The molecule has 0 unspecified atom stereocenters. The Morgan fingerprint density at radius 3 is 2.66 bits per heavy atom. The Morgan fingerprint density at radius 1 is 1.03 bits per heavy atom. The average molecular weight is 435 g/mol. The van der Waals surface area contributed by atoms with Gasteiger partial charge in [0.1, 0.15) is 24.3 Å². The number of ether oxygens (including phenoxy) is 1. The molecule has 7 nitrogen and oxygen atoms in total. The van der Waals surface area contributed by atoms with Gasteiger partial charge >= 0.3 is 0 Å². The van der Waals surface area contributed by atoms with Crippen molar-refractivity contribution < 1.29 is 19.0 Å². The molecule has 0 saturated heterocycles. The first-order valence-electron chi connectivity index (χ1n) is 10.5. The van der Waals surface area contributed by atoms with E-state index < -0.39 is 28.9 Å². The summed E-state index contributed by atoms with van der Waals surface area (Å²) in [6.45, 7) is 1.06. The first kappa shape index (κ1) is 20.1. The van der Waals surface area contributed by atoms with Crippen molar-refractivity contribution in [3.63, 3.8) is 0 Å². The van der Waals surface area contributed by atoms with Crippen molar-refractivity contribution in [1.29, 1.82) is 0 Å². The number of hydrogen-bond acceptors (Lipinski definition) is 5. The van der Waals surface area contributed by atoms with Gasteiger partial charge in [0.2, 0.25) is 5.43 Å². The van der Waals surface area contributed by atoms with Crippen molar-refractivity contribution in [2.24, 2.45) is 0 Å². The molecule has 8 heteroatoms. The second-order valence-electron chi connectivity index (χ2n) is 7.92. The third-order valence-corrected chi connectivity index (χ3v) is 5.90. The third kappa shape index (κ3) is 3.37. The summed E-state index contributed by atoms with van der Waals surface area (Å²) in [4.78, 5) is 26.9. The summed E-state index contributed by atoms with van der Waals surface area (Å²) in [5, 5.41) is 12.4. The molecule has 2 bridgehead atoms. The van der Waals surface area contributed by atoms with E-state index >= 15 is 0 Å². The molecule has 2 aromatic carbocycles. The van der Waals surface area contributed by atoms with Crippen LogP contribution in [-0.2, 0) is 0 Å². The molecule has 1 N–H and O–H groups in total. The van der Waals surface area contributed by atoms with Crippen LogP contribution >= 0.6 is 0 Å². The lowest BCUT2D eigenvalue weighted by atomic mass is 9.96. The number of rotatable bonds is 1. The number of carbonyl (C=O) groups excluding carboxylic acids is 1. The predicted molar refractivity (Wildman–Crippen MR) is 116 cm³/mol. The Balaban J connectivity index is 1.80. The van der Waals surface area contributed by atoms with Crippen LogP contribution in [0.2, 0.25) is 0 Å². The zero-order valence-electron chi connectivity index (χ0n) is 17.3. The molecule has 3 heterocycles. The SMILES string of the molecule is O=C1c2c(O)c(=O)ccn2N2CN1CCCCOc1ccc(F)cc1[C@H]2c1ccccc1. The Kier molecular flexibility index (Phi) is 5.05. The average Bonchev–Trinajstić information content (AvgIpc) is 2.82. The molecular weight excluding hydrogens is 413 g/mol. The van der Waals surface area contributed by atoms with Gasteiger partial charge in [-0.05, 0) is 36.6 Å². The standard InChI is InChI=1S/C24H22FN3O4/c25-17-8-9-20-18(14-17)21(16-6-2-1-3-7-16)28-15-26(11-4-5-13-32-20)24(31)22-23(30)19(29)10-12-27(22)28/h1-3,6-10,12,14,21,30H,4-5,11,13,15H2/t21-/m1/s1. The number of hydrogen-bond donors (Lipinski definition) is 1. The van der Waals surface area contributed by atoms with Gasteiger partial charge in [0.25, 0.3) is 5.91 Å². The van der Waals surface area contributed by atoms with Crippen LogP contribution < -0.4 is 15.2 Å². The molecule has 164 valence electrons. The maximum atomic E-state index is 14.4. The van der Waals surface area contributed by atoms with E-state index in [4.69, 9.17) is 4.74 Å². The van der Waals surface area contributed by atoms with Crippen molar-refractivity contribution in [3.8, 4) is 11.5 Å². The van der Waals surface area contributed by atoms with Gasteiger partial charge in [-0.2, -0.15) is 0 Å². The zero-order valence-corrected chi connectivity index (χ0v) is 17.3. The van der Waals surface area contributed by atoms with Gasteiger partial charge in [0.15, 0.2) is 11.4 Å². The van der Waals surface area contributed by atoms with E-state index in [9.17, 15) is 19.1 Å². The second kappa shape index (κ2) is 8.03. The molecule has 32 heavy (non-hydrogen) atoms. The van der Waals surface area contributed by atoms with Crippen molar-refractivity contribution in [3.05, 3.63) is 93.7 Å². The van der Waals surface area contributed by atoms with Gasteiger partial charge in [-0.15, -0.1) is 0 Å². The van der Waals surface area contributed by atoms with Crippen LogP contribution in [0.1, 0.15) is 40.5 Å². The molecule has 0 aliphatic carbocycles. The summed E-state index contributed by atoms with van der Waals surface area (Å²) >= 11 is 0. The number of carbonyl (C=O) groups is 1. The highest BCUT2D eigenvalue weighted by molar-refractivity contribution is 5.96. The lowest BCUT2D eigenvalue weighted by Gasteiger charge is -2.44. The Bertz CT molecular complexity index is 1230. The van der Waals surface area contributed by atoms with E-state index in [1.54, 1.807) is 11.0 Å². The maximum Gasteiger partial charge on any atom is 0.277 e. The summed E-state index contributed by atoms with van der Waals surface area (Å²) in [6, 6.07) is 14.6. The van der Waals surface area contributed by atoms with E-state index in [1.807, 2.05) is 35.3 Å². The van der Waals surface area contributed by atoms with Gasteiger partial charge < -0.3 is 14.7 Å². The van der Waals surface area contributed by atoms with Crippen molar-refractivity contribution in [2.45, 2.75) is 18.9 Å². The smallest absolute Gasteiger partial charge is 0.277 e. The normalized spacial score (nSPS) is 18.3. The predicted octanol–water partition coefficient (Wildman–Crippen LogP) is 3.01. The Labute approximate surface area is 183 Å². The summed E-state index contributed by atoms with van der Waals surface area (Å²) in [5.41, 5.74) is 0.724. The highest BCUT2D eigenvalue weighted by atomic mass is 19.1. The molecule has 1 amide bonds. The number of aromatic nitrogens is 1. The minimum atomic E-state index is -0.623. The fraction of sp³-hybridized carbons (Fsp3) is 0.250. The van der Waals surface area contributed by atoms with Crippen LogP contribution in [0.5, 0.6) is 11.5 Å². The van der Waals surface area contributed by atoms with Crippen LogP contribution in [0, 0.1) is 5.82 Å². The second-order valence-corrected chi connectivity index (χ2v) is 7.92. The number of fused-ring (bicyclic) bond motifs is 5. The number of pyridine rings is 1. The van der Waals surface area contributed by atoms with Crippen LogP contribution in [0.3, 0.4) is 0 Å². The first-order valence-corrected chi connectivity index (χ1v) is 10.5. The van der Waals surface area contributed by atoms with E-state index in [-0.39, 0.29) is 12.4 Å². The molecule has 2 aliphatic rings. The summed E-state index contributed by atoms with van der Waals surface area (Å²) < 4.78 is 22.0. The molecule has 0 saturated carbocycles. The molecule has 1 aromatic heterocycles. The monoisotopic (exact) mass is 435 g/mol. The minimum absolute atomic E-state index is 0.0946. The quantitative estimate of drug-likeness (QED) is 0.636. The summed E-state index contributed by atoms with van der Waals surface area (Å²) in [7, 11) is 0. The largest absolute Gasteiger partial charge is 0.502 e. The highest BCUT2D eigenvalue weighted by Gasteiger charge is 2.37. The summed E-state index contributed by atoms with van der Waals surface area (Å²) in [6.07, 6.45) is 2.86. The van der Waals surface area contributed by atoms with Gasteiger partial charge in [0, 0.05) is 24.4 Å². The number of nitrogens with zero attached hydrogens (tertiary/aromatic N) is 3. The number of halogens is 1. The highest BCUT2D eigenvalue weighted by Crippen LogP contribution is 2.37. The van der Waals surface area contributed by atoms with E-state index in [0.29, 0.717) is 37.3 Å². The first-order chi connectivity index (χ1) is 15.5. The molecular formula is C24H22FN3O4. The minimum Gasteiger partial charge on any atom is -0.502 e. The third-order valence-electron chi connectivity index (χ3n) is 5.90. The van der Waals surface area contributed by atoms with Crippen LogP contribution in [0.15, 0.2) is 65.6 Å². The fourth-order valence-corrected chi connectivity index (χ4v) is 4.36. The number of benzene rings is 2.